The van der Waals surface area contributed by atoms with Gasteiger partial charge in [-0.3, -0.25) is 4.55 Å². The van der Waals surface area contributed by atoms with Crippen molar-refractivity contribution in [2.24, 2.45) is 0 Å². The number of hydrogen-bond donors (Lipinski definition) is 1. The van der Waals surface area contributed by atoms with E-state index in [9.17, 15) is 18.1 Å². The summed E-state index contributed by atoms with van der Waals surface area (Å²) in [7, 11) is -4.33. The average Bonchev–Trinajstić information content (AvgIpc) is 2.62. The molecule has 1 aromatic carbocycles. The van der Waals surface area contributed by atoms with Crippen LogP contribution in [0.25, 0.3) is 0 Å². The van der Waals surface area contributed by atoms with E-state index in [2.05, 4.69) is 6.92 Å². The van der Waals surface area contributed by atoms with Gasteiger partial charge >= 0.3 is 29.6 Å². The average molecular weight is 421 g/mol. The second-order valence-electron chi connectivity index (χ2n) is 7.59. The van der Waals surface area contributed by atoms with Crippen molar-refractivity contribution in [1.29, 1.82) is 0 Å². The first kappa shape index (κ1) is 27.9. The number of unbranched alkanes of at least 4 members (excludes halogenated alkanes) is 13. The van der Waals surface area contributed by atoms with Crippen LogP contribution in [0.15, 0.2) is 23.1 Å². The van der Waals surface area contributed by atoms with Crippen LogP contribution in [0.5, 0.6) is 5.75 Å². The first-order valence-corrected chi connectivity index (χ1v) is 12.2. The summed E-state index contributed by atoms with van der Waals surface area (Å²) in [6, 6.07) is 3.88. The third-order valence-electron chi connectivity index (χ3n) is 5.12. The van der Waals surface area contributed by atoms with Crippen molar-refractivity contribution in [3.63, 3.8) is 0 Å². The van der Waals surface area contributed by atoms with Gasteiger partial charge in [-0.25, -0.2) is 0 Å². The van der Waals surface area contributed by atoms with Crippen molar-refractivity contribution >= 4 is 10.1 Å². The van der Waals surface area contributed by atoms with Gasteiger partial charge in [0.2, 0.25) is 0 Å². The van der Waals surface area contributed by atoms with Crippen molar-refractivity contribution in [2.45, 2.75) is 108 Å². The molecule has 0 aromatic heterocycles. The Balaban J connectivity index is 0.00000729. The molecule has 1 N–H and O–H groups in total. The Bertz CT molecular complexity index is 617. The molecule has 0 unspecified atom stereocenters. The SMILES string of the molecule is CCCCCCCCCCCCCCCCc1ccc([O-])cc1S(=O)(=O)O.[Na+]. The minimum absolute atomic E-state index is 0. The zero-order valence-corrected chi connectivity index (χ0v) is 20.7. The molecule has 0 aliphatic rings. The van der Waals surface area contributed by atoms with Crippen molar-refractivity contribution in [1.82, 2.24) is 0 Å². The molecule has 4 nitrogen and oxygen atoms in total. The Morgan fingerprint density at radius 3 is 1.64 bits per heavy atom. The van der Waals surface area contributed by atoms with Crippen molar-refractivity contribution < 1.29 is 47.6 Å². The summed E-state index contributed by atoms with van der Waals surface area (Å²) in [5, 5.41) is 11.3. The number of aryl methyl sites for hydroxylation is 1. The predicted molar refractivity (Wildman–Crippen MR) is 110 cm³/mol. The molecule has 0 atom stereocenters. The monoisotopic (exact) mass is 420 g/mol. The van der Waals surface area contributed by atoms with Gasteiger partial charge in [0.1, 0.15) is 0 Å². The standard InChI is InChI=1S/C22H38O4S.Na/c1-2-3-4-5-6-7-8-9-10-11-12-13-14-15-16-20-17-18-21(23)19-22(20)27(24,25)26;/h17-19,23H,2-16H2,1H3,(H,24,25,26);/q;+1/p-1. The summed E-state index contributed by atoms with van der Waals surface area (Å²) >= 11 is 0. The van der Waals surface area contributed by atoms with E-state index in [0.717, 1.165) is 25.3 Å². The molecule has 1 aromatic rings. The van der Waals surface area contributed by atoms with E-state index >= 15 is 0 Å². The van der Waals surface area contributed by atoms with Crippen LogP contribution in [0.1, 0.15) is 102 Å². The molecule has 0 spiro atoms. The molecule has 0 aliphatic carbocycles. The second kappa shape index (κ2) is 16.7. The molecule has 0 saturated heterocycles. The van der Waals surface area contributed by atoms with Gasteiger partial charge in [-0.1, -0.05) is 103 Å². The van der Waals surface area contributed by atoms with Crippen LogP contribution in [0.4, 0.5) is 0 Å². The normalized spacial score (nSPS) is 11.4. The first-order valence-electron chi connectivity index (χ1n) is 10.7. The summed E-state index contributed by atoms with van der Waals surface area (Å²) in [6.45, 7) is 2.25. The molecule has 1 rings (SSSR count). The number of benzene rings is 1. The van der Waals surface area contributed by atoms with Crippen LogP contribution >= 0.6 is 0 Å². The Morgan fingerprint density at radius 2 is 1.21 bits per heavy atom. The minimum atomic E-state index is -4.33. The van der Waals surface area contributed by atoms with Crippen molar-refractivity contribution in [3.8, 4) is 5.75 Å². The van der Waals surface area contributed by atoms with E-state index < -0.39 is 15.9 Å². The summed E-state index contributed by atoms with van der Waals surface area (Å²) in [6.07, 6.45) is 18.4. The Morgan fingerprint density at radius 1 is 0.786 bits per heavy atom. The van der Waals surface area contributed by atoms with E-state index in [1.54, 1.807) is 0 Å². The predicted octanol–water partition coefficient (Wildman–Crippen LogP) is 3.03. The topological polar surface area (TPSA) is 77.4 Å². The van der Waals surface area contributed by atoms with E-state index in [4.69, 9.17) is 0 Å². The van der Waals surface area contributed by atoms with Crippen LogP contribution in [0, 0.1) is 0 Å². The van der Waals surface area contributed by atoms with Crippen molar-refractivity contribution in [3.05, 3.63) is 23.8 Å². The van der Waals surface area contributed by atoms with Gasteiger partial charge in [0.05, 0.1) is 4.90 Å². The minimum Gasteiger partial charge on any atom is -0.872 e. The van der Waals surface area contributed by atoms with E-state index in [-0.39, 0.29) is 34.5 Å². The van der Waals surface area contributed by atoms with Crippen LogP contribution < -0.4 is 34.7 Å². The number of rotatable bonds is 16. The van der Waals surface area contributed by atoms with Gasteiger partial charge in [-0.15, -0.1) is 5.75 Å². The van der Waals surface area contributed by atoms with Gasteiger partial charge in [0.25, 0.3) is 10.1 Å². The maximum Gasteiger partial charge on any atom is 1.00 e. The van der Waals surface area contributed by atoms with Crippen LogP contribution in [0.3, 0.4) is 0 Å². The molecule has 156 valence electrons. The molecule has 0 heterocycles. The quantitative estimate of drug-likeness (QED) is 0.253. The fourth-order valence-electron chi connectivity index (χ4n) is 3.49. The Hall–Kier alpha value is -0.0700. The zero-order chi connectivity index (χ0) is 20.0. The Kier molecular flexibility index (Phi) is 16.7. The molecule has 6 heteroatoms. The van der Waals surface area contributed by atoms with E-state index in [1.165, 1.54) is 82.8 Å². The third-order valence-corrected chi connectivity index (χ3v) is 6.05. The van der Waals surface area contributed by atoms with Gasteiger partial charge in [-0.2, -0.15) is 8.42 Å². The fraction of sp³-hybridized carbons (Fsp3) is 0.727. The summed E-state index contributed by atoms with van der Waals surface area (Å²) < 4.78 is 32.0. The van der Waals surface area contributed by atoms with Gasteiger partial charge in [0, 0.05) is 0 Å². The molecule has 0 fully saturated rings. The maximum atomic E-state index is 11.4. The molecule has 0 aliphatic heterocycles. The molecular formula is C22H37NaO4S. The number of hydrogen-bond acceptors (Lipinski definition) is 3. The first-order chi connectivity index (χ1) is 12.9. The zero-order valence-electron chi connectivity index (χ0n) is 17.9. The summed E-state index contributed by atoms with van der Waals surface area (Å²) in [4.78, 5) is -0.232. The van der Waals surface area contributed by atoms with Crippen LogP contribution in [0.2, 0.25) is 0 Å². The molecule has 0 bridgehead atoms. The molecule has 0 saturated carbocycles. The largest absolute Gasteiger partial charge is 1.00 e. The summed E-state index contributed by atoms with van der Waals surface area (Å²) in [5.74, 6) is -0.396. The molecule has 28 heavy (non-hydrogen) atoms. The molecule has 0 radical (unpaired) electrons. The summed E-state index contributed by atoms with van der Waals surface area (Å²) in [5.41, 5.74) is 0.538. The van der Waals surface area contributed by atoms with Crippen LogP contribution in [-0.2, 0) is 16.5 Å². The fourth-order valence-corrected chi connectivity index (χ4v) is 4.26. The van der Waals surface area contributed by atoms with Gasteiger partial charge in [0.15, 0.2) is 0 Å². The Labute approximate surface area is 194 Å². The molecule has 0 amide bonds. The maximum absolute atomic E-state index is 11.4. The smallest absolute Gasteiger partial charge is 0.872 e. The van der Waals surface area contributed by atoms with Gasteiger partial charge < -0.3 is 5.11 Å². The van der Waals surface area contributed by atoms with Gasteiger partial charge in [-0.05, 0) is 24.5 Å². The van der Waals surface area contributed by atoms with E-state index in [0.29, 0.717) is 12.0 Å². The molecular weight excluding hydrogens is 383 g/mol. The third kappa shape index (κ3) is 13.2. The van der Waals surface area contributed by atoms with Crippen LogP contribution in [-0.4, -0.2) is 13.0 Å². The van der Waals surface area contributed by atoms with E-state index in [1.807, 2.05) is 0 Å². The van der Waals surface area contributed by atoms with Crippen molar-refractivity contribution in [2.75, 3.05) is 0 Å². The second-order valence-corrected chi connectivity index (χ2v) is 8.98.